The second-order valence-electron chi connectivity index (χ2n) is 5.32. The maximum absolute atomic E-state index is 12.0. The summed E-state index contributed by atoms with van der Waals surface area (Å²) in [5.74, 6) is 0. The molecule has 3 heteroatoms. The summed E-state index contributed by atoms with van der Waals surface area (Å²) in [6, 6.07) is 11.4. The highest BCUT2D eigenvalue weighted by molar-refractivity contribution is 5.86. The summed E-state index contributed by atoms with van der Waals surface area (Å²) in [5.41, 5.74) is 4.78. The number of nitrogens with zero attached hydrogens (tertiary/aromatic N) is 1. The molecule has 108 valence electrons. The Hall–Kier alpha value is -2.29. The van der Waals surface area contributed by atoms with Crippen LogP contribution < -0.4 is 5.56 Å². The number of benzene rings is 1. The predicted molar refractivity (Wildman–Crippen MR) is 87.3 cm³/mol. The fourth-order valence-electron chi connectivity index (χ4n) is 2.95. The van der Waals surface area contributed by atoms with Crippen molar-refractivity contribution in [3.63, 3.8) is 0 Å². The Morgan fingerprint density at radius 3 is 2.71 bits per heavy atom. The van der Waals surface area contributed by atoms with Gasteiger partial charge in [0, 0.05) is 34.5 Å². The summed E-state index contributed by atoms with van der Waals surface area (Å²) in [6.07, 6.45) is 5.01. The average molecular weight is 280 g/mol. The van der Waals surface area contributed by atoms with E-state index in [1.165, 1.54) is 16.6 Å². The number of hydrogen-bond donors (Lipinski definition) is 1. The molecule has 0 aliphatic carbocycles. The summed E-state index contributed by atoms with van der Waals surface area (Å²) in [6.45, 7) is 4.38. The molecule has 0 fully saturated rings. The van der Waals surface area contributed by atoms with Crippen molar-refractivity contribution in [3.05, 3.63) is 64.2 Å². The van der Waals surface area contributed by atoms with Gasteiger partial charge in [-0.1, -0.05) is 26.3 Å². The van der Waals surface area contributed by atoms with Gasteiger partial charge in [0.25, 0.3) is 5.56 Å². The molecule has 1 aromatic carbocycles. The Morgan fingerprint density at radius 1 is 1.14 bits per heavy atom. The zero-order valence-electron chi connectivity index (χ0n) is 12.5. The van der Waals surface area contributed by atoms with E-state index in [0.29, 0.717) is 0 Å². The molecule has 0 amide bonds. The molecule has 2 heterocycles. The molecule has 0 saturated carbocycles. The molecule has 0 bridgehead atoms. The minimum atomic E-state index is -0.000726. The van der Waals surface area contributed by atoms with E-state index in [0.717, 1.165) is 30.5 Å². The minimum absolute atomic E-state index is 0.000726. The van der Waals surface area contributed by atoms with Crippen molar-refractivity contribution in [1.29, 1.82) is 0 Å². The van der Waals surface area contributed by atoms with Gasteiger partial charge in [-0.3, -0.25) is 9.36 Å². The van der Waals surface area contributed by atoms with Gasteiger partial charge >= 0.3 is 0 Å². The second kappa shape index (κ2) is 5.60. The van der Waals surface area contributed by atoms with E-state index in [-0.39, 0.29) is 5.56 Å². The molecular weight excluding hydrogens is 260 g/mol. The molecule has 0 radical (unpaired) electrons. The van der Waals surface area contributed by atoms with Crippen molar-refractivity contribution in [2.75, 3.05) is 0 Å². The summed E-state index contributed by atoms with van der Waals surface area (Å²) in [7, 11) is 0. The molecule has 0 spiro atoms. The first-order chi connectivity index (χ1) is 10.2. The maximum atomic E-state index is 12.0. The van der Waals surface area contributed by atoms with Gasteiger partial charge in [0.05, 0.1) is 0 Å². The lowest BCUT2D eigenvalue weighted by Crippen LogP contribution is -2.15. The van der Waals surface area contributed by atoms with Crippen molar-refractivity contribution in [2.45, 2.75) is 33.1 Å². The summed E-state index contributed by atoms with van der Waals surface area (Å²) in [5, 5.41) is 1.23. The molecule has 3 nitrogen and oxygen atoms in total. The highest BCUT2D eigenvalue weighted by Crippen LogP contribution is 2.26. The zero-order chi connectivity index (χ0) is 14.8. The van der Waals surface area contributed by atoms with Crippen LogP contribution in [-0.2, 0) is 12.8 Å². The third-order valence-electron chi connectivity index (χ3n) is 3.93. The van der Waals surface area contributed by atoms with Gasteiger partial charge in [-0.2, -0.15) is 0 Å². The molecule has 0 aliphatic rings. The molecule has 0 unspecified atom stereocenters. The minimum Gasteiger partial charge on any atom is -0.358 e. The third-order valence-corrected chi connectivity index (χ3v) is 3.93. The maximum Gasteiger partial charge on any atom is 0.255 e. The van der Waals surface area contributed by atoms with Gasteiger partial charge < -0.3 is 4.98 Å². The topological polar surface area (TPSA) is 37.8 Å². The Labute approximate surface area is 124 Å². The summed E-state index contributed by atoms with van der Waals surface area (Å²) >= 11 is 0. The van der Waals surface area contributed by atoms with Crippen LogP contribution in [0.5, 0.6) is 0 Å². The van der Waals surface area contributed by atoms with Crippen LogP contribution in [0.2, 0.25) is 0 Å². The van der Waals surface area contributed by atoms with Gasteiger partial charge in [0.2, 0.25) is 0 Å². The summed E-state index contributed by atoms with van der Waals surface area (Å²) < 4.78 is 1.69. The summed E-state index contributed by atoms with van der Waals surface area (Å²) in [4.78, 5) is 15.5. The SMILES string of the molecule is CCCc1[nH]c2ccc(-n3ccccc3=O)cc2c1CC. The van der Waals surface area contributed by atoms with E-state index in [1.807, 2.05) is 18.3 Å². The number of nitrogens with one attached hydrogen (secondary N) is 1. The zero-order valence-corrected chi connectivity index (χ0v) is 12.5. The van der Waals surface area contributed by atoms with E-state index in [1.54, 1.807) is 16.7 Å². The van der Waals surface area contributed by atoms with Crippen LogP contribution in [0.3, 0.4) is 0 Å². The van der Waals surface area contributed by atoms with Crippen molar-refractivity contribution in [1.82, 2.24) is 9.55 Å². The van der Waals surface area contributed by atoms with Gasteiger partial charge in [0.1, 0.15) is 0 Å². The molecule has 3 rings (SSSR count). The largest absolute Gasteiger partial charge is 0.358 e. The quantitative estimate of drug-likeness (QED) is 0.775. The molecule has 1 N–H and O–H groups in total. The first kappa shape index (κ1) is 13.7. The van der Waals surface area contributed by atoms with Crippen LogP contribution >= 0.6 is 0 Å². The fourth-order valence-corrected chi connectivity index (χ4v) is 2.95. The van der Waals surface area contributed by atoms with Gasteiger partial charge in [-0.05, 0) is 42.7 Å². The molecule has 2 aromatic heterocycles. The number of aryl methyl sites for hydroxylation is 2. The Morgan fingerprint density at radius 2 is 2.00 bits per heavy atom. The number of fused-ring (bicyclic) bond motifs is 1. The van der Waals surface area contributed by atoms with Crippen molar-refractivity contribution < 1.29 is 0 Å². The first-order valence-electron chi connectivity index (χ1n) is 7.56. The van der Waals surface area contributed by atoms with Crippen LogP contribution in [0, 0.1) is 0 Å². The Kier molecular flexibility index (Phi) is 3.65. The average Bonchev–Trinajstić information content (AvgIpc) is 2.84. The Balaban J connectivity index is 2.20. The Bertz CT molecular complexity index is 827. The van der Waals surface area contributed by atoms with Crippen molar-refractivity contribution in [3.8, 4) is 5.69 Å². The highest BCUT2D eigenvalue weighted by atomic mass is 16.1. The van der Waals surface area contributed by atoms with E-state index in [4.69, 9.17) is 0 Å². The molecule has 0 aliphatic heterocycles. The number of pyridine rings is 1. The number of aromatic nitrogens is 2. The monoisotopic (exact) mass is 280 g/mol. The van der Waals surface area contributed by atoms with Crippen LogP contribution in [0.4, 0.5) is 0 Å². The smallest absolute Gasteiger partial charge is 0.255 e. The molecule has 0 saturated heterocycles. The first-order valence-corrected chi connectivity index (χ1v) is 7.56. The van der Waals surface area contributed by atoms with E-state index in [2.05, 4.69) is 31.0 Å². The normalized spacial score (nSPS) is 11.1. The number of rotatable bonds is 4. The lowest BCUT2D eigenvalue weighted by molar-refractivity contribution is 0.877. The third kappa shape index (κ3) is 2.40. The fraction of sp³-hybridized carbons (Fsp3) is 0.278. The van der Waals surface area contributed by atoms with Crippen LogP contribution in [-0.4, -0.2) is 9.55 Å². The highest BCUT2D eigenvalue weighted by Gasteiger charge is 2.10. The molecule has 21 heavy (non-hydrogen) atoms. The van der Waals surface area contributed by atoms with E-state index < -0.39 is 0 Å². The van der Waals surface area contributed by atoms with Crippen LogP contribution in [0.1, 0.15) is 31.5 Å². The van der Waals surface area contributed by atoms with Crippen molar-refractivity contribution >= 4 is 10.9 Å². The predicted octanol–water partition coefficient (Wildman–Crippen LogP) is 3.83. The lowest BCUT2D eigenvalue weighted by Gasteiger charge is -2.05. The lowest BCUT2D eigenvalue weighted by atomic mass is 10.1. The molecule has 0 atom stereocenters. The molecule has 3 aromatic rings. The second-order valence-corrected chi connectivity index (χ2v) is 5.32. The van der Waals surface area contributed by atoms with Crippen molar-refractivity contribution in [2.24, 2.45) is 0 Å². The van der Waals surface area contributed by atoms with Crippen LogP contribution in [0.15, 0.2) is 47.4 Å². The number of hydrogen-bond acceptors (Lipinski definition) is 1. The standard InChI is InChI=1S/C18H20N2O/c1-3-7-16-14(4-2)15-12-13(9-10-17(15)19-16)20-11-6-5-8-18(20)21/h5-6,8-12,19H,3-4,7H2,1-2H3. The molecular formula is C18H20N2O. The number of H-pyrrole nitrogens is 1. The van der Waals surface area contributed by atoms with Gasteiger partial charge in [0.15, 0.2) is 0 Å². The van der Waals surface area contributed by atoms with Gasteiger partial charge in [-0.15, -0.1) is 0 Å². The van der Waals surface area contributed by atoms with E-state index >= 15 is 0 Å². The van der Waals surface area contributed by atoms with Gasteiger partial charge in [-0.25, -0.2) is 0 Å². The number of aromatic amines is 1. The van der Waals surface area contributed by atoms with E-state index in [9.17, 15) is 4.79 Å². The van der Waals surface area contributed by atoms with Crippen LogP contribution in [0.25, 0.3) is 16.6 Å².